The standard InChI is InChI=1S/C21H25Cl2NOS/c1-6-19(26)24-21-16(12(2)3)10-14(22)11-17(21)13(4)15-8-7-9-18(25-5)20(15)23/h7-13H,6H2,1-5H3,(H,24,26)/t13-/m1/s1. The Balaban J connectivity index is 2.65. The first-order valence-electron chi connectivity index (χ1n) is 8.75. The second-order valence-electron chi connectivity index (χ2n) is 6.60. The molecule has 0 aliphatic rings. The first kappa shape index (κ1) is 21.0. The van der Waals surface area contributed by atoms with E-state index in [4.69, 9.17) is 40.2 Å². The van der Waals surface area contributed by atoms with E-state index in [9.17, 15) is 0 Å². The van der Waals surface area contributed by atoms with Crippen molar-refractivity contribution < 1.29 is 4.74 Å². The molecule has 1 N–H and O–H groups in total. The maximum absolute atomic E-state index is 6.58. The smallest absolute Gasteiger partial charge is 0.137 e. The molecule has 0 aliphatic heterocycles. The number of anilines is 1. The molecule has 0 amide bonds. The highest BCUT2D eigenvalue weighted by Crippen LogP contribution is 2.41. The molecular formula is C21H25Cl2NOS. The third kappa shape index (κ3) is 4.51. The molecule has 2 nitrogen and oxygen atoms in total. The van der Waals surface area contributed by atoms with Crippen molar-refractivity contribution >= 4 is 46.1 Å². The Bertz CT molecular complexity index is 805. The molecule has 2 rings (SSSR count). The van der Waals surface area contributed by atoms with Gasteiger partial charge in [0.1, 0.15) is 5.75 Å². The Morgan fingerprint density at radius 3 is 2.35 bits per heavy atom. The average Bonchev–Trinajstić information content (AvgIpc) is 2.62. The summed E-state index contributed by atoms with van der Waals surface area (Å²) in [4.78, 5) is 0.805. The third-order valence-electron chi connectivity index (χ3n) is 4.52. The topological polar surface area (TPSA) is 21.3 Å². The van der Waals surface area contributed by atoms with Gasteiger partial charge in [-0.25, -0.2) is 0 Å². The van der Waals surface area contributed by atoms with Gasteiger partial charge in [0.25, 0.3) is 0 Å². The summed E-state index contributed by atoms with van der Waals surface area (Å²) >= 11 is 18.5. The predicted octanol–water partition coefficient (Wildman–Crippen LogP) is 7.43. The Hall–Kier alpha value is -1.29. The number of hydrogen-bond acceptors (Lipinski definition) is 2. The number of nitrogens with one attached hydrogen (secondary N) is 1. The van der Waals surface area contributed by atoms with Gasteiger partial charge >= 0.3 is 0 Å². The summed E-state index contributed by atoms with van der Waals surface area (Å²) in [6, 6.07) is 9.84. The fourth-order valence-electron chi connectivity index (χ4n) is 3.01. The number of hydrogen-bond donors (Lipinski definition) is 1. The molecule has 0 spiro atoms. The average molecular weight is 410 g/mol. The molecule has 140 valence electrons. The first-order valence-corrected chi connectivity index (χ1v) is 9.92. The van der Waals surface area contributed by atoms with Gasteiger partial charge in [-0.2, -0.15) is 0 Å². The fourth-order valence-corrected chi connectivity index (χ4v) is 3.71. The normalized spacial score (nSPS) is 12.2. The highest BCUT2D eigenvalue weighted by molar-refractivity contribution is 7.80. The van der Waals surface area contributed by atoms with Crippen molar-refractivity contribution in [2.75, 3.05) is 12.4 Å². The number of benzene rings is 2. The van der Waals surface area contributed by atoms with Gasteiger partial charge in [-0.15, -0.1) is 0 Å². The van der Waals surface area contributed by atoms with Crippen molar-refractivity contribution in [3.63, 3.8) is 0 Å². The summed E-state index contributed by atoms with van der Waals surface area (Å²) in [7, 11) is 1.62. The molecule has 0 heterocycles. The molecule has 0 aliphatic carbocycles. The molecule has 0 radical (unpaired) electrons. The number of thiocarbonyl (C=S) groups is 1. The Morgan fingerprint density at radius 2 is 1.77 bits per heavy atom. The number of ether oxygens (including phenoxy) is 1. The number of methoxy groups -OCH3 is 1. The molecule has 0 saturated heterocycles. The second kappa shape index (κ2) is 9.07. The maximum atomic E-state index is 6.58. The van der Waals surface area contributed by atoms with Crippen LogP contribution >= 0.6 is 35.4 Å². The summed E-state index contributed by atoms with van der Waals surface area (Å²) in [6.45, 7) is 8.47. The lowest BCUT2D eigenvalue weighted by atomic mass is 9.87. The lowest BCUT2D eigenvalue weighted by molar-refractivity contribution is 0.414. The van der Waals surface area contributed by atoms with E-state index in [0.717, 1.165) is 33.8 Å². The summed E-state index contributed by atoms with van der Waals surface area (Å²) in [6.07, 6.45) is 0.781. The van der Waals surface area contributed by atoms with E-state index in [0.29, 0.717) is 21.7 Å². The lowest BCUT2D eigenvalue weighted by Gasteiger charge is -2.24. The molecule has 26 heavy (non-hydrogen) atoms. The van der Waals surface area contributed by atoms with Crippen LogP contribution in [0, 0.1) is 0 Å². The van der Waals surface area contributed by atoms with Gasteiger partial charge in [0.05, 0.1) is 17.1 Å². The molecule has 0 fully saturated rings. The predicted molar refractivity (Wildman–Crippen MR) is 118 cm³/mol. The quantitative estimate of drug-likeness (QED) is 0.501. The molecule has 1 atom stereocenters. The summed E-state index contributed by atoms with van der Waals surface area (Å²) in [5.74, 6) is 0.999. The zero-order valence-corrected chi connectivity index (χ0v) is 18.1. The SMILES string of the molecule is CCC(=S)Nc1c(C(C)C)cc(Cl)cc1[C@H](C)c1cccc(OC)c1Cl. The number of rotatable bonds is 6. The molecule has 2 aromatic carbocycles. The van der Waals surface area contributed by atoms with E-state index in [2.05, 4.69) is 26.1 Å². The minimum atomic E-state index is 0.0240. The monoisotopic (exact) mass is 409 g/mol. The van der Waals surface area contributed by atoms with E-state index in [1.54, 1.807) is 7.11 Å². The fraction of sp³-hybridized carbons (Fsp3) is 0.381. The van der Waals surface area contributed by atoms with Crippen LogP contribution in [0.25, 0.3) is 0 Å². The molecule has 5 heteroatoms. The van der Waals surface area contributed by atoms with Crippen molar-refractivity contribution in [1.82, 2.24) is 0 Å². The summed E-state index contributed by atoms with van der Waals surface area (Å²) in [5, 5.41) is 4.77. The molecule has 0 unspecified atom stereocenters. The minimum absolute atomic E-state index is 0.0240. The van der Waals surface area contributed by atoms with Crippen LogP contribution in [-0.4, -0.2) is 12.1 Å². The zero-order valence-electron chi connectivity index (χ0n) is 15.8. The highest BCUT2D eigenvalue weighted by Gasteiger charge is 2.22. The second-order valence-corrected chi connectivity index (χ2v) is 7.91. The van der Waals surface area contributed by atoms with Gasteiger partial charge in [-0.3, -0.25) is 0 Å². The lowest BCUT2D eigenvalue weighted by Crippen LogP contribution is -2.14. The van der Waals surface area contributed by atoms with Gasteiger partial charge in [0, 0.05) is 16.6 Å². The van der Waals surface area contributed by atoms with Crippen LogP contribution in [0.2, 0.25) is 10.0 Å². The largest absolute Gasteiger partial charge is 0.495 e. The summed E-state index contributed by atoms with van der Waals surface area (Å²) in [5.41, 5.74) is 4.25. The molecule has 2 aromatic rings. The van der Waals surface area contributed by atoms with Crippen LogP contribution in [0.3, 0.4) is 0 Å². The van der Waals surface area contributed by atoms with E-state index < -0.39 is 0 Å². The Labute approximate surface area is 171 Å². The van der Waals surface area contributed by atoms with Crippen molar-refractivity contribution in [3.05, 3.63) is 57.1 Å². The van der Waals surface area contributed by atoms with Crippen LogP contribution in [0.4, 0.5) is 5.69 Å². The molecular weight excluding hydrogens is 385 g/mol. The van der Waals surface area contributed by atoms with E-state index in [1.165, 1.54) is 0 Å². The molecule has 0 saturated carbocycles. The van der Waals surface area contributed by atoms with Crippen LogP contribution in [0.15, 0.2) is 30.3 Å². The van der Waals surface area contributed by atoms with Gasteiger partial charge < -0.3 is 10.1 Å². The third-order valence-corrected chi connectivity index (χ3v) is 5.53. The van der Waals surface area contributed by atoms with Crippen LogP contribution < -0.4 is 10.1 Å². The zero-order chi connectivity index (χ0) is 19.4. The first-order chi connectivity index (χ1) is 12.3. The van der Waals surface area contributed by atoms with Crippen molar-refractivity contribution in [1.29, 1.82) is 0 Å². The highest BCUT2D eigenvalue weighted by atomic mass is 35.5. The minimum Gasteiger partial charge on any atom is -0.495 e. The Morgan fingerprint density at radius 1 is 1.12 bits per heavy atom. The van der Waals surface area contributed by atoms with Gasteiger partial charge in [0.2, 0.25) is 0 Å². The van der Waals surface area contributed by atoms with Crippen molar-refractivity contribution in [2.45, 2.75) is 46.0 Å². The van der Waals surface area contributed by atoms with Gasteiger partial charge in [-0.05, 0) is 47.2 Å². The number of halogens is 2. The van der Waals surface area contributed by atoms with Crippen LogP contribution in [0.5, 0.6) is 5.75 Å². The Kier molecular flexibility index (Phi) is 7.33. The van der Waals surface area contributed by atoms with E-state index in [-0.39, 0.29) is 5.92 Å². The van der Waals surface area contributed by atoms with Crippen molar-refractivity contribution in [2.24, 2.45) is 0 Å². The van der Waals surface area contributed by atoms with Gasteiger partial charge in [0.15, 0.2) is 0 Å². The molecule has 0 bridgehead atoms. The van der Waals surface area contributed by atoms with E-state index in [1.807, 2.05) is 37.3 Å². The van der Waals surface area contributed by atoms with Crippen molar-refractivity contribution in [3.8, 4) is 5.75 Å². The maximum Gasteiger partial charge on any atom is 0.137 e. The summed E-state index contributed by atoms with van der Waals surface area (Å²) < 4.78 is 5.38. The van der Waals surface area contributed by atoms with Crippen LogP contribution in [0.1, 0.15) is 62.6 Å². The van der Waals surface area contributed by atoms with Gasteiger partial charge in [-0.1, -0.05) is 75.2 Å². The van der Waals surface area contributed by atoms with Crippen LogP contribution in [-0.2, 0) is 0 Å². The molecule has 0 aromatic heterocycles. The van der Waals surface area contributed by atoms with E-state index >= 15 is 0 Å².